The molecule has 30 heavy (non-hydrogen) atoms. The molecule has 0 N–H and O–H groups in total. The maximum absolute atomic E-state index is 13.1. The fourth-order valence-corrected chi connectivity index (χ4v) is 3.62. The average molecular weight is 411 g/mol. The topological polar surface area (TPSA) is 74.3 Å². The van der Waals surface area contributed by atoms with Crippen molar-refractivity contribution in [3.05, 3.63) is 53.6 Å². The van der Waals surface area contributed by atoms with E-state index in [2.05, 4.69) is 0 Å². The molecule has 1 unspecified atom stereocenters. The Labute approximate surface area is 175 Å². The summed E-state index contributed by atoms with van der Waals surface area (Å²) in [7, 11) is 5.92. The van der Waals surface area contributed by atoms with Crippen molar-refractivity contribution in [3.63, 3.8) is 0 Å². The van der Waals surface area contributed by atoms with Gasteiger partial charge in [0.15, 0.2) is 11.5 Å². The molecule has 1 aliphatic rings. The van der Waals surface area contributed by atoms with Gasteiger partial charge >= 0.3 is 5.97 Å². The zero-order valence-electron chi connectivity index (χ0n) is 17.5. The molecule has 0 saturated heterocycles. The van der Waals surface area contributed by atoms with Crippen molar-refractivity contribution in [2.45, 2.75) is 18.9 Å². The third-order valence-corrected chi connectivity index (χ3v) is 5.07. The van der Waals surface area contributed by atoms with Crippen molar-refractivity contribution >= 4 is 23.6 Å². The number of para-hydroxylation sites is 1. The number of hydrogen-bond donors (Lipinski definition) is 0. The van der Waals surface area contributed by atoms with E-state index in [1.165, 1.54) is 39.4 Å². The van der Waals surface area contributed by atoms with Gasteiger partial charge in [-0.15, -0.1) is 0 Å². The zero-order valence-corrected chi connectivity index (χ0v) is 17.5. The molecule has 0 fully saturated rings. The van der Waals surface area contributed by atoms with Crippen molar-refractivity contribution in [1.29, 1.82) is 0 Å². The van der Waals surface area contributed by atoms with E-state index in [4.69, 9.17) is 18.9 Å². The number of esters is 1. The van der Waals surface area contributed by atoms with Crippen LogP contribution in [-0.4, -0.2) is 46.4 Å². The molecular formula is C23H25NO6. The second-order valence-electron chi connectivity index (χ2n) is 6.71. The smallest absolute Gasteiger partial charge is 0.328 e. The Kier molecular flexibility index (Phi) is 6.61. The number of ether oxygens (including phenoxy) is 4. The number of benzene rings is 2. The van der Waals surface area contributed by atoms with Gasteiger partial charge in [-0.05, 0) is 48.2 Å². The molecule has 1 amide bonds. The van der Waals surface area contributed by atoms with Gasteiger partial charge < -0.3 is 18.9 Å². The predicted octanol–water partition coefficient (Wildman–Crippen LogP) is 3.25. The number of carbonyl (C=O) groups is 2. The second kappa shape index (κ2) is 9.35. The van der Waals surface area contributed by atoms with Crippen LogP contribution in [-0.2, 0) is 20.7 Å². The highest BCUT2D eigenvalue weighted by molar-refractivity contribution is 6.08. The monoisotopic (exact) mass is 411 g/mol. The van der Waals surface area contributed by atoms with Crippen LogP contribution in [0.3, 0.4) is 0 Å². The molecule has 158 valence electrons. The molecule has 0 radical (unpaired) electrons. The number of hydrogen-bond acceptors (Lipinski definition) is 6. The summed E-state index contributed by atoms with van der Waals surface area (Å²) in [4.78, 5) is 27.0. The van der Waals surface area contributed by atoms with Gasteiger partial charge in [0.25, 0.3) is 5.91 Å². The number of anilines is 1. The molecule has 1 heterocycles. The van der Waals surface area contributed by atoms with Crippen molar-refractivity contribution < 1.29 is 28.5 Å². The minimum absolute atomic E-state index is 0.314. The first-order valence-corrected chi connectivity index (χ1v) is 9.51. The number of amides is 1. The van der Waals surface area contributed by atoms with Crippen LogP contribution in [0.2, 0.25) is 0 Å². The van der Waals surface area contributed by atoms with E-state index in [1.807, 2.05) is 24.3 Å². The maximum Gasteiger partial charge on any atom is 0.328 e. The molecule has 0 spiro atoms. The van der Waals surface area contributed by atoms with E-state index in [9.17, 15) is 9.59 Å². The van der Waals surface area contributed by atoms with Gasteiger partial charge in [0.2, 0.25) is 5.75 Å². The van der Waals surface area contributed by atoms with Gasteiger partial charge in [0.1, 0.15) is 6.04 Å². The minimum Gasteiger partial charge on any atom is -0.493 e. The number of carbonyl (C=O) groups excluding carboxylic acids is 2. The van der Waals surface area contributed by atoms with Crippen LogP contribution in [0.25, 0.3) is 6.08 Å². The average Bonchev–Trinajstić information content (AvgIpc) is 2.80. The first kappa shape index (κ1) is 21.2. The number of nitrogens with zero attached hydrogens (tertiary/aromatic N) is 1. The van der Waals surface area contributed by atoms with Crippen LogP contribution in [0.1, 0.15) is 17.5 Å². The Bertz CT molecular complexity index is 943. The van der Waals surface area contributed by atoms with Gasteiger partial charge in [-0.2, -0.15) is 0 Å². The molecule has 1 aliphatic heterocycles. The lowest BCUT2D eigenvalue weighted by Gasteiger charge is -2.34. The van der Waals surface area contributed by atoms with Gasteiger partial charge in [0, 0.05) is 11.8 Å². The van der Waals surface area contributed by atoms with E-state index >= 15 is 0 Å². The molecule has 2 aromatic carbocycles. The van der Waals surface area contributed by atoms with Crippen molar-refractivity contribution in [3.8, 4) is 17.2 Å². The lowest BCUT2D eigenvalue weighted by molar-refractivity contribution is -0.143. The predicted molar refractivity (Wildman–Crippen MR) is 113 cm³/mol. The lowest BCUT2D eigenvalue weighted by atomic mass is 9.95. The van der Waals surface area contributed by atoms with Gasteiger partial charge in [0.05, 0.1) is 28.4 Å². The number of rotatable bonds is 6. The molecular weight excluding hydrogens is 386 g/mol. The SMILES string of the molecule is COC(=O)C1CCc2ccccc2N1C(=O)C=Cc1cc(OC)c(OC)c(OC)c1. The van der Waals surface area contributed by atoms with E-state index in [0.717, 1.165) is 11.3 Å². The minimum atomic E-state index is -0.665. The third kappa shape index (κ3) is 4.10. The summed E-state index contributed by atoms with van der Waals surface area (Å²) in [5, 5.41) is 0. The molecule has 7 nitrogen and oxygen atoms in total. The molecule has 2 aromatic rings. The standard InChI is InChI=1S/C23H25NO6/c1-27-19-13-15(14-20(28-2)22(19)29-3)9-12-21(25)24-17-8-6-5-7-16(17)10-11-18(24)23(26)30-4/h5-9,12-14,18H,10-11H2,1-4H3. The molecule has 0 bridgehead atoms. The van der Waals surface area contributed by atoms with Crippen LogP contribution in [0.4, 0.5) is 5.69 Å². The fourth-order valence-electron chi connectivity index (χ4n) is 3.62. The number of methoxy groups -OCH3 is 4. The summed E-state index contributed by atoms with van der Waals surface area (Å²) in [6.45, 7) is 0. The molecule has 3 rings (SSSR count). The summed E-state index contributed by atoms with van der Waals surface area (Å²) in [6, 6.07) is 10.4. The van der Waals surface area contributed by atoms with Crippen LogP contribution in [0, 0.1) is 0 Å². The van der Waals surface area contributed by atoms with Crippen LogP contribution in [0.15, 0.2) is 42.5 Å². The Morgan fingerprint density at radius 3 is 2.27 bits per heavy atom. The van der Waals surface area contributed by atoms with Crippen LogP contribution < -0.4 is 19.1 Å². The molecule has 0 aromatic heterocycles. The number of fused-ring (bicyclic) bond motifs is 1. The van der Waals surface area contributed by atoms with Crippen LogP contribution >= 0.6 is 0 Å². The van der Waals surface area contributed by atoms with E-state index in [0.29, 0.717) is 35.7 Å². The normalized spacial score (nSPS) is 15.5. The first-order chi connectivity index (χ1) is 14.5. The quantitative estimate of drug-likeness (QED) is 0.537. The Balaban J connectivity index is 1.95. The molecule has 7 heteroatoms. The van der Waals surface area contributed by atoms with Crippen molar-refractivity contribution in [2.75, 3.05) is 33.3 Å². The summed E-state index contributed by atoms with van der Waals surface area (Å²) >= 11 is 0. The zero-order chi connectivity index (χ0) is 21.7. The largest absolute Gasteiger partial charge is 0.493 e. The third-order valence-electron chi connectivity index (χ3n) is 5.07. The van der Waals surface area contributed by atoms with Crippen molar-refractivity contribution in [2.24, 2.45) is 0 Å². The molecule has 0 aliphatic carbocycles. The highest BCUT2D eigenvalue weighted by Gasteiger charge is 2.35. The summed E-state index contributed by atoms with van der Waals surface area (Å²) in [5.74, 6) is 0.698. The van der Waals surface area contributed by atoms with E-state index in [1.54, 1.807) is 18.2 Å². The molecule has 0 saturated carbocycles. The lowest BCUT2D eigenvalue weighted by Crippen LogP contribution is -2.48. The van der Waals surface area contributed by atoms with Gasteiger partial charge in [-0.1, -0.05) is 18.2 Å². The molecule has 1 atom stereocenters. The van der Waals surface area contributed by atoms with Crippen LogP contribution in [0.5, 0.6) is 17.2 Å². The van der Waals surface area contributed by atoms with E-state index in [-0.39, 0.29) is 5.91 Å². The maximum atomic E-state index is 13.1. The second-order valence-corrected chi connectivity index (χ2v) is 6.71. The summed E-state index contributed by atoms with van der Waals surface area (Å²) < 4.78 is 21.0. The Morgan fingerprint density at radius 2 is 1.67 bits per heavy atom. The summed E-state index contributed by atoms with van der Waals surface area (Å²) in [5.41, 5.74) is 2.43. The van der Waals surface area contributed by atoms with Crippen molar-refractivity contribution in [1.82, 2.24) is 0 Å². The van der Waals surface area contributed by atoms with Gasteiger partial charge in [-0.3, -0.25) is 9.69 Å². The highest BCUT2D eigenvalue weighted by atomic mass is 16.5. The Hall–Kier alpha value is -3.48. The Morgan fingerprint density at radius 1 is 1.00 bits per heavy atom. The van der Waals surface area contributed by atoms with Gasteiger partial charge in [-0.25, -0.2) is 4.79 Å². The first-order valence-electron chi connectivity index (χ1n) is 9.51. The fraction of sp³-hybridized carbons (Fsp3) is 0.304. The highest BCUT2D eigenvalue weighted by Crippen LogP contribution is 2.38. The number of aryl methyl sites for hydroxylation is 1. The summed E-state index contributed by atoms with van der Waals surface area (Å²) in [6.07, 6.45) is 4.29. The van der Waals surface area contributed by atoms with E-state index < -0.39 is 12.0 Å².